The fourth-order valence-electron chi connectivity index (χ4n) is 4.29. The minimum atomic E-state index is -0.895. The summed E-state index contributed by atoms with van der Waals surface area (Å²) in [5, 5.41) is 16.8. The molecule has 0 aliphatic carbocycles. The van der Waals surface area contributed by atoms with Crippen LogP contribution in [0.4, 0.5) is 0 Å². The number of rotatable bonds is 19. The van der Waals surface area contributed by atoms with Crippen LogP contribution in [-0.2, 0) is 18.8 Å². The molecule has 1 aliphatic heterocycles. The molecule has 1 saturated heterocycles. The first-order valence-electron chi connectivity index (χ1n) is 13.6. The molecule has 2 rings (SSSR count). The molecular weight excluding hydrogens is 593 g/mol. The van der Waals surface area contributed by atoms with Crippen LogP contribution in [0.15, 0.2) is 27.0 Å². The summed E-state index contributed by atoms with van der Waals surface area (Å²) in [5.41, 5.74) is 7.21. The number of ketones is 1. The van der Waals surface area contributed by atoms with Gasteiger partial charge in [0.05, 0.1) is 12.7 Å². The van der Waals surface area contributed by atoms with Gasteiger partial charge in [0.2, 0.25) is 11.8 Å². The number of hydrogen-bond acceptors (Lipinski definition) is 9. The van der Waals surface area contributed by atoms with Gasteiger partial charge >= 0.3 is 5.69 Å². The Morgan fingerprint density at radius 1 is 1.27 bits per heavy atom. The molecule has 0 saturated carbocycles. The molecule has 0 spiro atoms. The minimum Gasteiger partial charge on any atom is -0.390 e. The Kier molecular flexibility index (Phi) is 16.5. The van der Waals surface area contributed by atoms with Gasteiger partial charge in [-0.25, -0.2) is 4.79 Å². The van der Waals surface area contributed by atoms with Crippen molar-refractivity contribution in [2.24, 2.45) is 5.11 Å². The number of ether oxygens (including phenoxy) is 1. The molecule has 1 fully saturated rings. The number of unbranched alkanes of at least 4 members (excludes halogenated alkanes) is 2. The molecule has 17 heteroatoms. The number of carbonyl (C=O) groups excluding carboxylic acids is 3. The SMILES string of the molecule is CCC(=O)CCCCCNC(=O)CCC(CCC(=O)n1c(=O)ccn([C@H]2CC(O)[C@@H](COPPP)O2)c1=O)N=[N+]=[N-]. The van der Waals surface area contributed by atoms with Gasteiger partial charge in [-0.05, 0) is 31.2 Å². The Bertz CT molecular complexity index is 1190. The average molecular weight is 633 g/mol. The highest BCUT2D eigenvalue weighted by Crippen LogP contribution is 2.44. The molecule has 1 aromatic rings. The van der Waals surface area contributed by atoms with Crippen molar-refractivity contribution >= 4 is 43.0 Å². The predicted molar refractivity (Wildman–Crippen MR) is 161 cm³/mol. The first-order chi connectivity index (χ1) is 19.7. The van der Waals surface area contributed by atoms with E-state index < -0.39 is 41.6 Å². The third kappa shape index (κ3) is 12.0. The third-order valence-electron chi connectivity index (χ3n) is 6.61. The van der Waals surface area contributed by atoms with Gasteiger partial charge in [0.25, 0.3) is 5.56 Å². The summed E-state index contributed by atoms with van der Waals surface area (Å²) in [4.78, 5) is 64.7. The van der Waals surface area contributed by atoms with Crippen molar-refractivity contribution in [3.8, 4) is 0 Å². The second-order valence-electron chi connectivity index (χ2n) is 9.55. The average Bonchev–Trinajstić information content (AvgIpc) is 3.31. The summed E-state index contributed by atoms with van der Waals surface area (Å²) in [6.07, 6.45) is 2.42. The summed E-state index contributed by atoms with van der Waals surface area (Å²) in [6.45, 7) is 2.46. The monoisotopic (exact) mass is 632 g/mol. The fraction of sp³-hybridized carbons (Fsp3) is 0.708. The topological polar surface area (TPSA) is 195 Å². The molecule has 1 aliphatic rings. The summed E-state index contributed by atoms with van der Waals surface area (Å²) >= 11 is 0. The Balaban J connectivity index is 1.89. The van der Waals surface area contributed by atoms with Crippen molar-refractivity contribution < 1.29 is 28.8 Å². The van der Waals surface area contributed by atoms with Crippen molar-refractivity contribution in [3.63, 3.8) is 0 Å². The van der Waals surface area contributed by atoms with Crippen LogP contribution >= 0.6 is 25.4 Å². The molecule has 1 amide bonds. The van der Waals surface area contributed by atoms with Crippen molar-refractivity contribution in [2.75, 3.05) is 13.2 Å². The Hall–Kier alpha value is -2.03. The summed E-state index contributed by atoms with van der Waals surface area (Å²) in [7, 11) is 3.34. The van der Waals surface area contributed by atoms with E-state index >= 15 is 0 Å². The number of carbonyl (C=O) groups is 3. The van der Waals surface area contributed by atoms with Crippen LogP contribution in [0.1, 0.15) is 82.2 Å². The first kappa shape index (κ1) is 35.2. The van der Waals surface area contributed by atoms with Crippen LogP contribution in [0.25, 0.3) is 10.4 Å². The first-order valence-corrected chi connectivity index (χ1v) is 18.3. The van der Waals surface area contributed by atoms with Crippen LogP contribution in [-0.4, -0.2) is 63.2 Å². The lowest BCUT2D eigenvalue weighted by molar-refractivity contribution is -0.121. The minimum absolute atomic E-state index is 0.0393. The number of nitrogens with zero attached hydrogens (tertiary/aromatic N) is 5. The van der Waals surface area contributed by atoms with Gasteiger partial charge in [0, 0.05) is 70.4 Å². The number of hydrogen-bond donors (Lipinski definition) is 2. The van der Waals surface area contributed by atoms with E-state index in [0.29, 0.717) is 31.9 Å². The van der Waals surface area contributed by atoms with Crippen molar-refractivity contribution in [2.45, 2.75) is 95.6 Å². The zero-order chi connectivity index (χ0) is 30.2. The highest BCUT2D eigenvalue weighted by molar-refractivity contribution is 8.37. The van der Waals surface area contributed by atoms with E-state index in [0.717, 1.165) is 29.9 Å². The number of aromatic nitrogens is 2. The fourth-order valence-corrected chi connectivity index (χ4v) is 5.87. The molecule has 41 heavy (non-hydrogen) atoms. The van der Waals surface area contributed by atoms with Crippen molar-refractivity contribution in [3.05, 3.63) is 43.5 Å². The zero-order valence-electron chi connectivity index (χ0n) is 23.1. The van der Waals surface area contributed by atoms with Gasteiger partial charge in [-0.15, -0.1) is 8.93 Å². The van der Waals surface area contributed by atoms with Crippen LogP contribution in [0, 0.1) is 0 Å². The number of nitrogens with one attached hydrogen (secondary N) is 1. The quantitative estimate of drug-likeness (QED) is 0.0763. The van der Waals surface area contributed by atoms with Crippen molar-refractivity contribution in [1.29, 1.82) is 0 Å². The lowest BCUT2D eigenvalue weighted by atomic mass is 10.1. The molecule has 1 aromatic heterocycles. The van der Waals surface area contributed by atoms with Gasteiger partial charge in [-0.2, -0.15) is 4.57 Å². The van der Waals surface area contributed by atoms with Gasteiger partial charge in [-0.1, -0.05) is 26.4 Å². The predicted octanol–water partition coefficient (Wildman–Crippen LogP) is 3.19. The van der Waals surface area contributed by atoms with Gasteiger partial charge in [0.15, 0.2) is 0 Å². The molecule has 2 N–H and O–H groups in total. The molecule has 5 unspecified atom stereocenters. The molecule has 228 valence electrons. The highest BCUT2D eigenvalue weighted by atomic mass is 32.4. The van der Waals surface area contributed by atoms with E-state index in [1.54, 1.807) is 0 Å². The van der Waals surface area contributed by atoms with Gasteiger partial charge in [-0.3, -0.25) is 23.7 Å². The molecule has 7 atom stereocenters. The normalized spacial score (nSPS) is 19.5. The lowest BCUT2D eigenvalue weighted by Gasteiger charge is -2.17. The number of aliphatic hydroxyl groups is 1. The molecule has 0 bridgehead atoms. The third-order valence-corrected chi connectivity index (χ3v) is 8.89. The van der Waals surface area contributed by atoms with Crippen LogP contribution in [0.5, 0.6) is 0 Å². The number of amides is 1. The van der Waals surface area contributed by atoms with E-state index in [2.05, 4.69) is 24.3 Å². The van der Waals surface area contributed by atoms with E-state index in [1.807, 2.05) is 6.92 Å². The van der Waals surface area contributed by atoms with Crippen LogP contribution < -0.4 is 16.6 Å². The molecule has 2 heterocycles. The summed E-state index contributed by atoms with van der Waals surface area (Å²) in [5.74, 6) is -0.776. The van der Waals surface area contributed by atoms with Crippen LogP contribution in [0.3, 0.4) is 0 Å². The van der Waals surface area contributed by atoms with Crippen molar-refractivity contribution in [1.82, 2.24) is 14.5 Å². The Labute approximate surface area is 243 Å². The summed E-state index contributed by atoms with van der Waals surface area (Å²) < 4.78 is 12.8. The smallest absolute Gasteiger partial charge is 0.340 e. The molecule has 14 nitrogen and oxygen atoms in total. The Morgan fingerprint density at radius 3 is 2.73 bits per heavy atom. The van der Waals surface area contributed by atoms with E-state index in [-0.39, 0.29) is 58.9 Å². The van der Waals surface area contributed by atoms with Crippen LogP contribution in [0.2, 0.25) is 0 Å². The maximum absolute atomic E-state index is 13.1. The zero-order valence-corrected chi connectivity index (χ0v) is 26.2. The lowest BCUT2D eigenvalue weighted by Crippen LogP contribution is -2.44. The van der Waals surface area contributed by atoms with E-state index in [1.165, 1.54) is 6.20 Å². The number of azide groups is 1. The largest absolute Gasteiger partial charge is 0.390 e. The van der Waals surface area contributed by atoms with Gasteiger partial charge in [0.1, 0.15) is 18.1 Å². The maximum atomic E-state index is 13.1. The second-order valence-corrected chi connectivity index (χ2v) is 14.4. The second kappa shape index (κ2) is 19.2. The molecule has 0 radical (unpaired) electrons. The number of aliphatic hydroxyl groups excluding tert-OH is 1. The maximum Gasteiger partial charge on any atom is 0.340 e. The summed E-state index contributed by atoms with van der Waals surface area (Å²) in [6, 6.07) is 0.389. The van der Waals surface area contributed by atoms with Gasteiger partial charge < -0.3 is 19.7 Å². The molecule has 0 aromatic carbocycles. The highest BCUT2D eigenvalue weighted by Gasteiger charge is 2.36. The molecular formula is C24H39N6O8P3. The Morgan fingerprint density at radius 2 is 2.02 bits per heavy atom. The van der Waals surface area contributed by atoms with E-state index in [9.17, 15) is 29.1 Å². The number of Topliss-reactive ketones (excluding diaryl/α,β-unsaturated/α-hetero) is 1. The van der Waals surface area contributed by atoms with E-state index in [4.69, 9.17) is 14.8 Å². The standard InChI is InChI=1S/C24H39N6O8P3/c1-2-17(31)6-4-3-5-12-26-20(33)9-7-16(27-28-25)8-10-21(34)30-22(35)11-13-29(24(30)36)23-14-18(32)19(38-23)15-37-40-41-39/h11,13,16,18-19,23,32,40-41H,2-10,12,14-15,39H2,1H3,(H,26,33)/t16?,18?,19-,23-/m1/s1.